The lowest BCUT2D eigenvalue weighted by Crippen LogP contribution is -2.43. The van der Waals surface area contributed by atoms with Crippen molar-refractivity contribution in [2.24, 2.45) is 11.8 Å². The van der Waals surface area contributed by atoms with Crippen molar-refractivity contribution in [3.05, 3.63) is 0 Å². The molecule has 6 heteroatoms. The minimum Gasteiger partial charge on any atom is -0.444 e. The lowest BCUT2D eigenvalue weighted by Gasteiger charge is -2.26. The first-order valence-electron chi connectivity index (χ1n) is 7.22. The summed E-state index contributed by atoms with van der Waals surface area (Å²) in [6.07, 6.45) is -0.250. The van der Waals surface area contributed by atoms with E-state index in [2.05, 4.69) is 5.32 Å². The summed E-state index contributed by atoms with van der Waals surface area (Å²) in [5.41, 5.74) is -0.457. The van der Waals surface area contributed by atoms with Crippen LogP contribution in [0.5, 0.6) is 0 Å². The fourth-order valence-corrected chi connectivity index (χ4v) is 2.61. The van der Waals surface area contributed by atoms with Crippen molar-refractivity contribution in [2.75, 3.05) is 26.7 Å². The molecule has 0 bridgehead atoms. The van der Waals surface area contributed by atoms with Gasteiger partial charge in [-0.1, -0.05) is 0 Å². The van der Waals surface area contributed by atoms with Gasteiger partial charge in [0.15, 0.2) is 0 Å². The lowest BCUT2D eigenvalue weighted by molar-refractivity contribution is 0.0270. The number of carbonyl (C=O) groups excluding carboxylic acids is 2. The number of carbonyl (C=O) groups is 2. The topological polar surface area (TPSA) is 61.9 Å². The van der Waals surface area contributed by atoms with Gasteiger partial charge in [0.05, 0.1) is 0 Å². The third kappa shape index (κ3) is 3.16. The number of nitrogens with zero attached hydrogens (tertiary/aromatic N) is 2. The fourth-order valence-electron chi connectivity index (χ4n) is 2.61. The van der Waals surface area contributed by atoms with Crippen molar-refractivity contribution >= 4 is 12.1 Å². The van der Waals surface area contributed by atoms with Gasteiger partial charge in [0.2, 0.25) is 0 Å². The van der Waals surface area contributed by atoms with Crippen LogP contribution in [0.15, 0.2) is 0 Å². The van der Waals surface area contributed by atoms with Gasteiger partial charge in [-0.25, -0.2) is 9.59 Å². The molecule has 1 saturated heterocycles. The van der Waals surface area contributed by atoms with Crippen molar-refractivity contribution in [1.29, 1.82) is 0 Å². The zero-order chi connectivity index (χ0) is 15.1. The van der Waals surface area contributed by atoms with Gasteiger partial charge in [0, 0.05) is 44.6 Å². The molecule has 1 N–H and O–H groups in total. The molecule has 0 aromatic rings. The Labute approximate surface area is 120 Å². The van der Waals surface area contributed by atoms with E-state index in [1.165, 1.54) is 0 Å². The number of hydrogen-bond acceptors (Lipinski definition) is 3. The number of ether oxygens (including phenoxy) is 1. The third-order valence-corrected chi connectivity index (χ3v) is 3.96. The molecule has 6 nitrogen and oxygen atoms in total. The number of piperidine rings is 1. The highest BCUT2D eigenvalue weighted by Gasteiger charge is 2.58. The quantitative estimate of drug-likeness (QED) is 0.835. The van der Waals surface area contributed by atoms with Crippen LogP contribution in [-0.2, 0) is 4.74 Å². The summed E-state index contributed by atoms with van der Waals surface area (Å²) in [5.74, 6) is 0.772. The van der Waals surface area contributed by atoms with Gasteiger partial charge < -0.3 is 19.9 Å². The van der Waals surface area contributed by atoms with Crippen LogP contribution in [0.2, 0.25) is 0 Å². The van der Waals surface area contributed by atoms with E-state index in [1.807, 2.05) is 27.7 Å². The largest absolute Gasteiger partial charge is 0.444 e. The van der Waals surface area contributed by atoms with Crippen LogP contribution in [0.25, 0.3) is 0 Å². The maximum Gasteiger partial charge on any atom is 0.410 e. The number of nitrogens with one attached hydrogen (secondary N) is 1. The van der Waals surface area contributed by atoms with Gasteiger partial charge in [-0.05, 0) is 27.7 Å². The first-order chi connectivity index (χ1) is 9.23. The molecule has 2 fully saturated rings. The SMILES string of the molecule is CCN(C)C(=O)NC1[C@H]2CN(C(=O)OC(C)(C)C)C[C@@H]12. The van der Waals surface area contributed by atoms with Gasteiger partial charge in [0.25, 0.3) is 0 Å². The standard InChI is InChI=1S/C14H25N3O3/c1-6-16(5)12(18)15-11-9-7-17(8-10(9)11)13(19)20-14(2,3)4/h9-11H,6-8H2,1-5H3,(H,15,18)/t9-,10+,11?. The second-order valence-corrected chi connectivity index (χ2v) is 6.70. The monoisotopic (exact) mass is 283 g/mol. The van der Waals surface area contributed by atoms with E-state index in [1.54, 1.807) is 16.8 Å². The number of rotatable bonds is 2. The first kappa shape index (κ1) is 14.9. The molecule has 0 spiro atoms. The Balaban J connectivity index is 1.77. The Bertz CT molecular complexity index is 393. The van der Waals surface area contributed by atoms with Crippen molar-refractivity contribution < 1.29 is 14.3 Å². The molecule has 20 heavy (non-hydrogen) atoms. The number of likely N-dealkylation sites (tertiary alicyclic amines) is 1. The Kier molecular flexibility index (Phi) is 3.84. The number of hydrogen-bond donors (Lipinski definition) is 1. The summed E-state index contributed by atoms with van der Waals surface area (Å²) in [5, 5.41) is 3.02. The number of urea groups is 1. The van der Waals surface area contributed by atoms with Gasteiger partial charge in [-0.15, -0.1) is 0 Å². The zero-order valence-electron chi connectivity index (χ0n) is 13.0. The summed E-state index contributed by atoms with van der Waals surface area (Å²) in [4.78, 5) is 27.1. The molecule has 0 aromatic heterocycles. The molecule has 2 rings (SSSR count). The predicted molar refractivity (Wildman–Crippen MR) is 75.4 cm³/mol. The number of fused-ring (bicyclic) bond motifs is 1. The van der Waals surface area contributed by atoms with Gasteiger partial charge in [-0.2, -0.15) is 0 Å². The third-order valence-electron chi connectivity index (χ3n) is 3.96. The highest BCUT2D eigenvalue weighted by Crippen LogP contribution is 2.45. The Hall–Kier alpha value is -1.46. The van der Waals surface area contributed by atoms with Crippen LogP contribution in [0.4, 0.5) is 9.59 Å². The van der Waals surface area contributed by atoms with Crippen LogP contribution >= 0.6 is 0 Å². The lowest BCUT2D eigenvalue weighted by atomic mass is 10.2. The summed E-state index contributed by atoms with van der Waals surface area (Å²) < 4.78 is 5.35. The highest BCUT2D eigenvalue weighted by atomic mass is 16.6. The highest BCUT2D eigenvalue weighted by molar-refractivity contribution is 5.75. The summed E-state index contributed by atoms with van der Waals surface area (Å²) in [6, 6.07) is 0.186. The van der Waals surface area contributed by atoms with E-state index in [9.17, 15) is 9.59 Å². The molecule has 0 radical (unpaired) electrons. The molecular weight excluding hydrogens is 258 g/mol. The predicted octanol–water partition coefficient (Wildman–Crippen LogP) is 1.51. The molecule has 3 amide bonds. The van der Waals surface area contributed by atoms with Gasteiger partial charge in [-0.3, -0.25) is 0 Å². The Morgan fingerprint density at radius 1 is 1.30 bits per heavy atom. The van der Waals surface area contributed by atoms with Crippen LogP contribution in [0, 0.1) is 11.8 Å². The zero-order valence-corrected chi connectivity index (χ0v) is 13.0. The van der Waals surface area contributed by atoms with Crippen LogP contribution in [-0.4, -0.2) is 60.2 Å². The summed E-state index contributed by atoms with van der Waals surface area (Å²) in [6.45, 7) is 9.60. The molecule has 114 valence electrons. The average Bonchev–Trinajstić information content (AvgIpc) is 2.80. The minimum absolute atomic E-state index is 0.0317. The van der Waals surface area contributed by atoms with Crippen molar-refractivity contribution in [3.8, 4) is 0 Å². The Morgan fingerprint density at radius 2 is 1.85 bits per heavy atom. The smallest absolute Gasteiger partial charge is 0.410 e. The van der Waals surface area contributed by atoms with E-state index < -0.39 is 5.60 Å². The van der Waals surface area contributed by atoms with Crippen LogP contribution in [0.3, 0.4) is 0 Å². The molecule has 1 unspecified atom stereocenters. The molecule has 1 saturated carbocycles. The molecule has 1 heterocycles. The van der Waals surface area contributed by atoms with E-state index in [0.717, 1.165) is 0 Å². The van der Waals surface area contributed by atoms with Gasteiger partial charge in [0.1, 0.15) is 5.60 Å². The first-order valence-corrected chi connectivity index (χ1v) is 7.22. The second-order valence-electron chi connectivity index (χ2n) is 6.70. The Morgan fingerprint density at radius 3 is 2.30 bits per heavy atom. The van der Waals surface area contributed by atoms with E-state index in [-0.39, 0.29) is 18.2 Å². The van der Waals surface area contributed by atoms with Crippen molar-refractivity contribution in [1.82, 2.24) is 15.1 Å². The molecular formula is C14H25N3O3. The van der Waals surface area contributed by atoms with Crippen LogP contribution in [0.1, 0.15) is 27.7 Å². The van der Waals surface area contributed by atoms with Crippen molar-refractivity contribution in [2.45, 2.75) is 39.3 Å². The van der Waals surface area contributed by atoms with E-state index >= 15 is 0 Å². The van der Waals surface area contributed by atoms with Crippen molar-refractivity contribution in [3.63, 3.8) is 0 Å². The fraction of sp³-hybridized carbons (Fsp3) is 0.857. The molecule has 1 aliphatic carbocycles. The van der Waals surface area contributed by atoms with E-state index in [4.69, 9.17) is 4.74 Å². The van der Waals surface area contributed by atoms with Gasteiger partial charge >= 0.3 is 12.1 Å². The average molecular weight is 283 g/mol. The minimum atomic E-state index is -0.457. The van der Waals surface area contributed by atoms with Crippen LogP contribution < -0.4 is 5.32 Å². The number of amides is 3. The van der Waals surface area contributed by atoms with E-state index in [0.29, 0.717) is 31.5 Å². The molecule has 3 atom stereocenters. The molecule has 0 aromatic carbocycles. The molecule has 2 aliphatic rings. The normalized spacial score (nSPS) is 27.9. The maximum absolute atomic E-state index is 11.9. The summed E-state index contributed by atoms with van der Waals surface area (Å²) in [7, 11) is 1.78. The molecule has 1 aliphatic heterocycles. The second kappa shape index (κ2) is 5.14. The summed E-state index contributed by atoms with van der Waals surface area (Å²) >= 11 is 0. The maximum atomic E-state index is 11.9.